The lowest BCUT2D eigenvalue weighted by Crippen LogP contribution is -2.14. The van der Waals surface area contributed by atoms with Crippen molar-refractivity contribution in [3.63, 3.8) is 0 Å². The van der Waals surface area contributed by atoms with Crippen molar-refractivity contribution in [2.45, 2.75) is 6.61 Å². The summed E-state index contributed by atoms with van der Waals surface area (Å²) in [6, 6.07) is 10.2. The van der Waals surface area contributed by atoms with Crippen LogP contribution in [0.4, 0.5) is 10.1 Å². The fraction of sp³-hybridized carbons (Fsp3) is 0.0714. The summed E-state index contributed by atoms with van der Waals surface area (Å²) in [7, 11) is 0. The van der Waals surface area contributed by atoms with Gasteiger partial charge in [0.25, 0.3) is 0 Å². The van der Waals surface area contributed by atoms with Gasteiger partial charge in [0.2, 0.25) is 5.82 Å². The van der Waals surface area contributed by atoms with Crippen molar-refractivity contribution in [1.29, 1.82) is 5.41 Å². The van der Waals surface area contributed by atoms with Gasteiger partial charge >= 0.3 is 5.69 Å². The highest BCUT2D eigenvalue weighted by atomic mass is 19.1. The summed E-state index contributed by atoms with van der Waals surface area (Å²) in [4.78, 5) is 9.72. The van der Waals surface area contributed by atoms with E-state index >= 15 is 0 Å². The number of hydrogen-bond donors (Lipinski definition) is 2. The standard InChI is InChI=1S/C14H12FN3O3/c15-12-7-10(5-6-13(12)18(19)20)21-8-9-3-1-2-4-11(9)14(16)17/h1-7H,8H2,(H3,16,17). The van der Waals surface area contributed by atoms with Crippen LogP contribution in [-0.2, 0) is 6.61 Å². The number of nitrogen functional groups attached to an aromatic ring is 1. The highest BCUT2D eigenvalue weighted by Crippen LogP contribution is 2.23. The zero-order chi connectivity index (χ0) is 15.4. The summed E-state index contributed by atoms with van der Waals surface area (Å²) in [5.41, 5.74) is 6.05. The molecule has 0 aromatic heterocycles. The second-order valence-electron chi connectivity index (χ2n) is 4.23. The zero-order valence-electron chi connectivity index (χ0n) is 10.9. The second-order valence-corrected chi connectivity index (χ2v) is 4.23. The molecular weight excluding hydrogens is 277 g/mol. The Kier molecular flexibility index (Phi) is 4.13. The van der Waals surface area contributed by atoms with Gasteiger partial charge in [-0.3, -0.25) is 15.5 Å². The van der Waals surface area contributed by atoms with Crippen LogP contribution in [0.2, 0.25) is 0 Å². The number of halogens is 1. The molecule has 0 aliphatic rings. The summed E-state index contributed by atoms with van der Waals surface area (Å²) in [5, 5.41) is 18.0. The van der Waals surface area contributed by atoms with Crippen LogP contribution in [0.3, 0.4) is 0 Å². The molecule has 0 bridgehead atoms. The van der Waals surface area contributed by atoms with Crippen molar-refractivity contribution in [2.24, 2.45) is 5.73 Å². The van der Waals surface area contributed by atoms with E-state index in [0.29, 0.717) is 11.1 Å². The number of nitrogens with zero attached hydrogens (tertiary/aromatic N) is 1. The Morgan fingerprint density at radius 2 is 2.05 bits per heavy atom. The summed E-state index contributed by atoms with van der Waals surface area (Å²) < 4.78 is 18.8. The normalized spacial score (nSPS) is 10.1. The predicted molar refractivity (Wildman–Crippen MR) is 74.8 cm³/mol. The van der Waals surface area contributed by atoms with E-state index in [4.69, 9.17) is 15.9 Å². The van der Waals surface area contributed by atoms with Gasteiger partial charge in [0.1, 0.15) is 18.2 Å². The molecule has 0 atom stereocenters. The van der Waals surface area contributed by atoms with Crippen molar-refractivity contribution in [2.75, 3.05) is 0 Å². The molecule has 0 saturated heterocycles. The maximum atomic E-state index is 13.5. The van der Waals surface area contributed by atoms with Crippen molar-refractivity contribution >= 4 is 11.5 Å². The van der Waals surface area contributed by atoms with Crippen LogP contribution in [0.15, 0.2) is 42.5 Å². The van der Waals surface area contributed by atoms with Crippen molar-refractivity contribution in [1.82, 2.24) is 0 Å². The van der Waals surface area contributed by atoms with Gasteiger partial charge in [0.15, 0.2) is 0 Å². The highest BCUT2D eigenvalue weighted by Gasteiger charge is 2.14. The molecular formula is C14H12FN3O3. The van der Waals surface area contributed by atoms with E-state index in [2.05, 4.69) is 0 Å². The van der Waals surface area contributed by atoms with Crippen molar-refractivity contribution < 1.29 is 14.1 Å². The van der Waals surface area contributed by atoms with Crippen LogP contribution in [0.5, 0.6) is 5.75 Å². The molecule has 2 aromatic carbocycles. The molecule has 0 spiro atoms. The first-order valence-corrected chi connectivity index (χ1v) is 5.98. The lowest BCUT2D eigenvalue weighted by atomic mass is 10.1. The minimum atomic E-state index is -0.961. The molecule has 0 heterocycles. The summed E-state index contributed by atoms with van der Waals surface area (Å²) in [5.74, 6) is -0.891. The lowest BCUT2D eigenvalue weighted by Gasteiger charge is -2.10. The van der Waals surface area contributed by atoms with E-state index in [-0.39, 0.29) is 18.2 Å². The zero-order valence-corrected chi connectivity index (χ0v) is 10.9. The van der Waals surface area contributed by atoms with Gasteiger partial charge in [-0.2, -0.15) is 4.39 Å². The van der Waals surface area contributed by atoms with E-state index in [1.165, 1.54) is 6.07 Å². The van der Waals surface area contributed by atoms with Crippen LogP contribution in [0, 0.1) is 21.3 Å². The maximum absolute atomic E-state index is 13.5. The molecule has 0 aliphatic carbocycles. The van der Waals surface area contributed by atoms with Gasteiger partial charge in [0.05, 0.1) is 4.92 Å². The number of nitro groups is 1. The molecule has 0 saturated carbocycles. The monoisotopic (exact) mass is 289 g/mol. The second kappa shape index (κ2) is 6.00. The maximum Gasteiger partial charge on any atom is 0.305 e. The first kappa shape index (κ1) is 14.4. The van der Waals surface area contributed by atoms with Crippen LogP contribution >= 0.6 is 0 Å². The van der Waals surface area contributed by atoms with Crippen molar-refractivity contribution in [3.8, 4) is 5.75 Å². The Balaban J connectivity index is 2.16. The van der Waals surface area contributed by atoms with E-state index in [9.17, 15) is 14.5 Å². The molecule has 3 N–H and O–H groups in total. The third-order valence-corrected chi connectivity index (χ3v) is 2.82. The van der Waals surface area contributed by atoms with E-state index in [1.54, 1.807) is 24.3 Å². The Morgan fingerprint density at radius 1 is 1.33 bits per heavy atom. The molecule has 0 unspecified atom stereocenters. The molecule has 21 heavy (non-hydrogen) atoms. The first-order valence-electron chi connectivity index (χ1n) is 5.98. The molecule has 108 valence electrons. The smallest absolute Gasteiger partial charge is 0.305 e. The van der Waals surface area contributed by atoms with Gasteiger partial charge in [-0.1, -0.05) is 24.3 Å². The summed E-state index contributed by atoms with van der Waals surface area (Å²) >= 11 is 0. The van der Waals surface area contributed by atoms with Gasteiger partial charge < -0.3 is 10.5 Å². The number of rotatable bonds is 5. The summed E-state index contributed by atoms with van der Waals surface area (Å²) in [6.45, 7) is 0.0764. The van der Waals surface area contributed by atoms with Crippen molar-refractivity contribution in [3.05, 3.63) is 69.5 Å². The third-order valence-electron chi connectivity index (χ3n) is 2.82. The molecule has 6 nitrogen and oxygen atoms in total. The average molecular weight is 289 g/mol. The number of benzene rings is 2. The van der Waals surface area contributed by atoms with E-state index < -0.39 is 16.4 Å². The van der Waals surface area contributed by atoms with Crippen LogP contribution < -0.4 is 10.5 Å². The van der Waals surface area contributed by atoms with Gasteiger partial charge in [-0.25, -0.2) is 0 Å². The molecule has 0 aliphatic heterocycles. The van der Waals surface area contributed by atoms with Gasteiger partial charge in [0, 0.05) is 23.3 Å². The fourth-order valence-corrected chi connectivity index (χ4v) is 1.80. The van der Waals surface area contributed by atoms with Crippen LogP contribution in [-0.4, -0.2) is 10.8 Å². The van der Waals surface area contributed by atoms with E-state index in [0.717, 1.165) is 12.1 Å². The Bertz CT molecular complexity index is 704. The lowest BCUT2D eigenvalue weighted by molar-refractivity contribution is -0.387. The SMILES string of the molecule is N=C(N)c1ccccc1COc1ccc([N+](=O)[O-])c(F)c1. The number of hydrogen-bond acceptors (Lipinski definition) is 4. The molecule has 0 fully saturated rings. The molecule has 0 radical (unpaired) electrons. The Hall–Kier alpha value is -2.96. The number of nitro benzene ring substituents is 1. The average Bonchev–Trinajstić information content (AvgIpc) is 2.45. The Morgan fingerprint density at radius 3 is 2.67 bits per heavy atom. The molecule has 0 amide bonds. The molecule has 2 rings (SSSR count). The van der Waals surface area contributed by atoms with Crippen LogP contribution in [0.25, 0.3) is 0 Å². The van der Waals surface area contributed by atoms with Gasteiger partial charge in [-0.15, -0.1) is 0 Å². The summed E-state index contributed by atoms with van der Waals surface area (Å²) in [6.07, 6.45) is 0. The Labute approximate surface area is 119 Å². The fourth-order valence-electron chi connectivity index (χ4n) is 1.80. The first-order chi connectivity index (χ1) is 9.99. The number of nitrogens with two attached hydrogens (primary N) is 1. The molecule has 2 aromatic rings. The molecule has 7 heteroatoms. The highest BCUT2D eigenvalue weighted by molar-refractivity contribution is 5.96. The predicted octanol–water partition coefficient (Wildman–Crippen LogP) is 2.60. The third kappa shape index (κ3) is 3.33. The van der Waals surface area contributed by atoms with Crippen LogP contribution in [0.1, 0.15) is 11.1 Å². The number of ether oxygens (including phenoxy) is 1. The largest absolute Gasteiger partial charge is 0.489 e. The quantitative estimate of drug-likeness (QED) is 0.382. The van der Waals surface area contributed by atoms with E-state index in [1.807, 2.05) is 0 Å². The minimum absolute atomic E-state index is 0.0764. The number of amidine groups is 1. The minimum Gasteiger partial charge on any atom is -0.489 e. The topological polar surface area (TPSA) is 102 Å². The van der Waals surface area contributed by atoms with Gasteiger partial charge in [-0.05, 0) is 6.07 Å². The number of nitrogens with one attached hydrogen (secondary N) is 1.